The molecule has 0 amide bonds. The van der Waals surface area contributed by atoms with E-state index < -0.39 is 11.7 Å². The predicted molar refractivity (Wildman–Crippen MR) is 50.0 cm³/mol. The van der Waals surface area contributed by atoms with E-state index in [-0.39, 0.29) is 0 Å². The third-order valence-corrected chi connectivity index (χ3v) is 1.76. The Morgan fingerprint density at radius 3 is 2.50 bits per heavy atom. The van der Waals surface area contributed by atoms with Crippen LogP contribution < -0.4 is 0 Å². The van der Waals surface area contributed by atoms with Gasteiger partial charge in [0, 0.05) is 0 Å². The van der Waals surface area contributed by atoms with Gasteiger partial charge in [0.05, 0.1) is 5.56 Å². The summed E-state index contributed by atoms with van der Waals surface area (Å²) in [5.74, 6) is 0. The molecule has 76 valence electrons. The van der Waals surface area contributed by atoms with Crippen molar-refractivity contribution in [1.82, 2.24) is 0 Å². The monoisotopic (exact) mass is 200 g/mol. The molecule has 0 atom stereocenters. The highest BCUT2D eigenvalue weighted by atomic mass is 19.4. The highest BCUT2D eigenvalue weighted by Crippen LogP contribution is 2.29. The molecule has 0 N–H and O–H groups in total. The minimum Gasteiger partial charge on any atom is -0.166 e. The summed E-state index contributed by atoms with van der Waals surface area (Å²) in [6, 6.07) is 5.32. The zero-order valence-corrected chi connectivity index (χ0v) is 7.86. The molecular formula is C11H11F3. The Balaban J connectivity index is 2.95. The Hall–Kier alpha value is -1.25. The highest BCUT2D eigenvalue weighted by Gasteiger charge is 2.30. The molecule has 0 saturated carbocycles. The number of allylic oxidation sites excluding steroid dienone is 1. The van der Waals surface area contributed by atoms with Gasteiger partial charge in [-0.15, -0.1) is 0 Å². The van der Waals surface area contributed by atoms with Crippen molar-refractivity contribution in [1.29, 1.82) is 0 Å². The lowest BCUT2D eigenvalue weighted by molar-refractivity contribution is -0.137. The van der Waals surface area contributed by atoms with E-state index in [1.54, 1.807) is 13.0 Å². The van der Waals surface area contributed by atoms with Gasteiger partial charge in [-0.2, -0.15) is 13.2 Å². The zero-order chi connectivity index (χ0) is 10.8. The molecule has 0 aromatic heterocycles. The van der Waals surface area contributed by atoms with Gasteiger partial charge in [0.1, 0.15) is 0 Å². The number of alkyl halides is 3. The Morgan fingerprint density at radius 2 is 2.00 bits per heavy atom. The van der Waals surface area contributed by atoms with Crippen molar-refractivity contribution in [2.45, 2.75) is 19.5 Å². The molecule has 1 rings (SSSR count). The summed E-state index contributed by atoms with van der Waals surface area (Å²) in [5.41, 5.74) is 0.896. The van der Waals surface area contributed by atoms with Gasteiger partial charge in [-0.25, -0.2) is 0 Å². The quantitative estimate of drug-likeness (QED) is 0.636. The lowest BCUT2D eigenvalue weighted by Gasteiger charge is -2.08. The fourth-order valence-corrected chi connectivity index (χ4v) is 1.21. The van der Waals surface area contributed by atoms with Crippen LogP contribution in [0.3, 0.4) is 0 Å². The third-order valence-electron chi connectivity index (χ3n) is 1.76. The molecular weight excluding hydrogens is 189 g/mol. The standard InChI is InChI=1S/C11H11F3/c1-8(2)6-9-4-3-5-10(7-9)11(12,13)14/h3-5,7H,1,6H2,2H3. The maximum absolute atomic E-state index is 12.3. The predicted octanol–water partition coefficient (Wildman–Crippen LogP) is 3.82. The van der Waals surface area contributed by atoms with Crippen LogP contribution >= 0.6 is 0 Å². The molecule has 0 bridgehead atoms. The molecule has 0 saturated heterocycles. The van der Waals surface area contributed by atoms with Crippen molar-refractivity contribution in [2.24, 2.45) is 0 Å². The lowest BCUT2D eigenvalue weighted by Crippen LogP contribution is -2.05. The molecule has 0 unspecified atom stereocenters. The van der Waals surface area contributed by atoms with E-state index in [1.807, 2.05) is 0 Å². The van der Waals surface area contributed by atoms with Gasteiger partial charge in [-0.3, -0.25) is 0 Å². The van der Waals surface area contributed by atoms with Gasteiger partial charge < -0.3 is 0 Å². The summed E-state index contributed by atoms with van der Waals surface area (Å²) >= 11 is 0. The first-order valence-corrected chi connectivity index (χ1v) is 4.20. The van der Waals surface area contributed by atoms with Crippen LogP contribution in [0.2, 0.25) is 0 Å². The average molecular weight is 200 g/mol. The first kappa shape index (κ1) is 10.8. The SMILES string of the molecule is C=C(C)Cc1cccc(C(F)(F)F)c1. The van der Waals surface area contributed by atoms with Crippen LogP contribution in [-0.4, -0.2) is 0 Å². The molecule has 1 aromatic carbocycles. The summed E-state index contributed by atoms with van der Waals surface area (Å²) in [6.45, 7) is 5.45. The van der Waals surface area contributed by atoms with Crippen LogP contribution in [0.15, 0.2) is 36.4 Å². The van der Waals surface area contributed by atoms with Crippen LogP contribution in [0, 0.1) is 0 Å². The number of rotatable bonds is 2. The Kier molecular flexibility index (Phi) is 2.99. The second-order valence-corrected chi connectivity index (χ2v) is 3.33. The summed E-state index contributed by atoms with van der Waals surface area (Å²) in [6.07, 6.45) is -3.77. The maximum Gasteiger partial charge on any atom is 0.416 e. The highest BCUT2D eigenvalue weighted by molar-refractivity contribution is 5.28. The van der Waals surface area contributed by atoms with Crippen molar-refractivity contribution in [2.75, 3.05) is 0 Å². The molecule has 0 nitrogen and oxygen atoms in total. The summed E-state index contributed by atoms with van der Waals surface area (Å²) in [4.78, 5) is 0. The van der Waals surface area contributed by atoms with Gasteiger partial charge in [0.2, 0.25) is 0 Å². The number of hydrogen-bond acceptors (Lipinski definition) is 0. The molecule has 0 aliphatic carbocycles. The Morgan fingerprint density at radius 1 is 1.36 bits per heavy atom. The normalized spacial score (nSPS) is 11.4. The van der Waals surface area contributed by atoms with E-state index in [0.717, 1.165) is 17.7 Å². The van der Waals surface area contributed by atoms with Crippen LogP contribution in [-0.2, 0) is 12.6 Å². The van der Waals surface area contributed by atoms with Crippen LogP contribution in [0.25, 0.3) is 0 Å². The second-order valence-electron chi connectivity index (χ2n) is 3.33. The first-order valence-electron chi connectivity index (χ1n) is 4.20. The fraction of sp³-hybridized carbons (Fsp3) is 0.273. The average Bonchev–Trinajstić information content (AvgIpc) is 2.01. The summed E-state index contributed by atoms with van der Waals surface area (Å²) in [7, 11) is 0. The number of halogens is 3. The van der Waals surface area contributed by atoms with Crippen molar-refractivity contribution in [3.63, 3.8) is 0 Å². The molecule has 0 aliphatic rings. The van der Waals surface area contributed by atoms with Gasteiger partial charge in [0.15, 0.2) is 0 Å². The zero-order valence-electron chi connectivity index (χ0n) is 7.86. The number of hydrogen-bond donors (Lipinski definition) is 0. The van der Waals surface area contributed by atoms with Crippen LogP contribution in [0.4, 0.5) is 13.2 Å². The molecule has 0 fully saturated rings. The summed E-state index contributed by atoms with van der Waals surface area (Å²) in [5, 5.41) is 0. The first-order chi connectivity index (χ1) is 6.39. The minimum atomic E-state index is -4.26. The molecule has 0 spiro atoms. The van der Waals surface area contributed by atoms with E-state index in [4.69, 9.17) is 0 Å². The van der Waals surface area contributed by atoms with E-state index >= 15 is 0 Å². The van der Waals surface area contributed by atoms with Gasteiger partial charge >= 0.3 is 6.18 Å². The largest absolute Gasteiger partial charge is 0.416 e. The summed E-state index contributed by atoms with van der Waals surface area (Å²) < 4.78 is 36.8. The van der Waals surface area contributed by atoms with E-state index in [2.05, 4.69) is 6.58 Å². The van der Waals surface area contributed by atoms with Crippen molar-refractivity contribution in [3.05, 3.63) is 47.5 Å². The number of benzene rings is 1. The Labute approximate surface area is 81.1 Å². The molecule has 3 heteroatoms. The topological polar surface area (TPSA) is 0 Å². The molecule has 0 aliphatic heterocycles. The van der Waals surface area contributed by atoms with Gasteiger partial charge in [-0.05, 0) is 25.0 Å². The molecule has 14 heavy (non-hydrogen) atoms. The molecule has 0 radical (unpaired) electrons. The minimum absolute atomic E-state index is 0.490. The third kappa shape index (κ3) is 2.91. The Bertz CT molecular complexity index is 337. The van der Waals surface area contributed by atoms with Gasteiger partial charge in [0.25, 0.3) is 0 Å². The van der Waals surface area contributed by atoms with Crippen molar-refractivity contribution < 1.29 is 13.2 Å². The van der Waals surface area contributed by atoms with Crippen LogP contribution in [0.5, 0.6) is 0 Å². The van der Waals surface area contributed by atoms with E-state index in [0.29, 0.717) is 12.0 Å². The second kappa shape index (κ2) is 3.86. The van der Waals surface area contributed by atoms with Crippen LogP contribution in [0.1, 0.15) is 18.1 Å². The maximum atomic E-state index is 12.3. The van der Waals surface area contributed by atoms with E-state index in [1.165, 1.54) is 6.07 Å². The lowest BCUT2D eigenvalue weighted by atomic mass is 10.0. The molecule has 0 heterocycles. The van der Waals surface area contributed by atoms with E-state index in [9.17, 15) is 13.2 Å². The smallest absolute Gasteiger partial charge is 0.166 e. The van der Waals surface area contributed by atoms with Crippen molar-refractivity contribution in [3.8, 4) is 0 Å². The molecule has 1 aromatic rings. The fourth-order valence-electron chi connectivity index (χ4n) is 1.21. The van der Waals surface area contributed by atoms with Gasteiger partial charge in [-0.1, -0.05) is 30.4 Å². The van der Waals surface area contributed by atoms with Crippen molar-refractivity contribution >= 4 is 0 Å².